The SMILES string of the molecule is [C-]#[N+]c1cc(-c2cccc(-n3c4ccccc4c4cc(-n5c6ccccc6c6cc(C#N)ccc65)ccc43)c2)ccc1-n1c2ccccc2c2ccccc21. The van der Waals surface area contributed by atoms with Crippen LogP contribution in [0, 0.1) is 17.9 Å². The van der Waals surface area contributed by atoms with E-state index in [0.717, 1.165) is 77.4 Å². The van der Waals surface area contributed by atoms with E-state index in [9.17, 15) is 5.26 Å². The molecule has 0 atom stereocenters. The summed E-state index contributed by atoms with van der Waals surface area (Å²) < 4.78 is 6.86. The van der Waals surface area contributed by atoms with Crippen LogP contribution in [0.3, 0.4) is 0 Å². The molecule has 254 valence electrons. The molecule has 11 aromatic rings. The van der Waals surface area contributed by atoms with E-state index in [0.29, 0.717) is 11.3 Å². The number of fused-ring (bicyclic) bond motifs is 9. The Kier molecular flexibility index (Phi) is 6.61. The lowest BCUT2D eigenvalue weighted by atomic mass is 10.0. The molecule has 0 radical (unpaired) electrons. The van der Waals surface area contributed by atoms with Gasteiger partial charge in [0.15, 0.2) is 0 Å². The highest BCUT2D eigenvalue weighted by Gasteiger charge is 2.18. The number of nitriles is 1. The number of nitrogens with zero attached hydrogens (tertiary/aromatic N) is 5. The lowest BCUT2D eigenvalue weighted by molar-refractivity contribution is 1.16. The number of benzene rings is 8. The van der Waals surface area contributed by atoms with Crippen molar-refractivity contribution in [3.05, 3.63) is 193 Å². The molecule has 8 aromatic carbocycles. The Hall–Kier alpha value is -7.86. The van der Waals surface area contributed by atoms with E-state index >= 15 is 0 Å². The molecule has 5 heteroatoms. The van der Waals surface area contributed by atoms with Crippen LogP contribution < -0.4 is 0 Å². The van der Waals surface area contributed by atoms with Gasteiger partial charge in [-0.2, -0.15) is 5.26 Å². The summed E-state index contributed by atoms with van der Waals surface area (Å²) in [7, 11) is 0. The number of para-hydroxylation sites is 4. The summed E-state index contributed by atoms with van der Waals surface area (Å²) in [6, 6.07) is 63.6. The van der Waals surface area contributed by atoms with Crippen LogP contribution in [-0.2, 0) is 0 Å². The third kappa shape index (κ3) is 4.51. The Morgan fingerprint density at radius 1 is 0.400 bits per heavy atom. The summed E-state index contributed by atoms with van der Waals surface area (Å²) in [6.45, 7) is 8.27. The monoisotopic (exact) mass is 699 g/mol. The molecular formula is C50H29N5. The van der Waals surface area contributed by atoms with Gasteiger partial charge in [0, 0.05) is 43.7 Å². The van der Waals surface area contributed by atoms with Gasteiger partial charge in [0.05, 0.1) is 57.0 Å². The quantitative estimate of drug-likeness (QED) is 0.169. The second-order valence-corrected chi connectivity index (χ2v) is 14.0. The fraction of sp³-hybridized carbons (Fsp3) is 0. The number of rotatable bonds is 4. The van der Waals surface area contributed by atoms with Gasteiger partial charge in [-0.1, -0.05) is 91.0 Å². The van der Waals surface area contributed by atoms with Crippen LogP contribution in [0.15, 0.2) is 176 Å². The molecule has 0 aliphatic heterocycles. The molecule has 3 aromatic heterocycles. The Labute approximate surface area is 316 Å². The Balaban J connectivity index is 1.06. The van der Waals surface area contributed by atoms with Crippen molar-refractivity contribution in [2.24, 2.45) is 0 Å². The molecule has 3 heterocycles. The first kappa shape index (κ1) is 30.7. The fourth-order valence-electron chi connectivity index (χ4n) is 8.69. The maximum absolute atomic E-state index is 9.65. The van der Waals surface area contributed by atoms with E-state index in [2.05, 4.69) is 182 Å². The summed E-state index contributed by atoms with van der Waals surface area (Å²) in [6.07, 6.45) is 0. The Bertz CT molecular complexity index is 3420. The standard InChI is InChI=1S/C50H29N5/c1-52-43-29-34(22-25-50(43)55-46-19-8-2-13-37(46)38-14-3-9-20-47(38)55)33-11-10-12-35(28-33)53-45-18-7-5-16-40(45)42-30-36(23-26-49(42)53)54-44-17-6-4-15-39(44)41-27-32(31-51)21-24-48(41)54/h2-30H. The number of aromatic nitrogens is 3. The Morgan fingerprint density at radius 3 is 1.49 bits per heavy atom. The average Bonchev–Trinajstić information content (AvgIpc) is 3.88. The summed E-state index contributed by atoms with van der Waals surface area (Å²) in [5, 5.41) is 16.5. The fourth-order valence-corrected chi connectivity index (χ4v) is 8.69. The van der Waals surface area contributed by atoms with Gasteiger partial charge in [0.2, 0.25) is 5.69 Å². The highest BCUT2D eigenvalue weighted by atomic mass is 15.0. The summed E-state index contributed by atoms with van der Waals surface area (Å²) in [4.78, 5) is 4.06. The maximum atomic E-state index is 9.65. The van der Waals surface area contributed by atoms with Gasteiger partial charge in [-0.05, 0) is 96.1 Å². The highest BCUT2D eigenvalue weighted by Crippen LogP contribution is 2.40. The van der Waals surface area contributed by atoms with E-state index in [1.807, 2.05) is 18.2 Å². The van der Waals surface area contributed by atoms with Crippen molar-refractivity contribution in [1.29, 1.82) is 5.26 Å². The summed E-state index contributed by atoms with van der Waals surface area (Å²) in [5.74, 6) is 0. The molecule has 5 nitrogen and oxygen atoms in total. The largest absolute Gasteiger partial charge is 0.319 e. The molecule has 0 fully saturated rings. The second kappa shape index (κ2) is 11.8. The topological polar surface area (TPSA) is 42.9 Å². The molecule has 0 unspecified atom stereocenters. The molecule has 0 bridgehead atoms. The van der Waals surface area contributed by atoms with Crippen LogP contribution in [0.5, 0.6) is 0 Å². The zero-order chi connectivity index (χ0) is 36.6. The van der Waals surface area contributed by atoms with Crippen LogP contribution in [-0.4, -0.2) is 13.7 Å². The van der Waals surface area contributed by atoms with Crippen molar-refractivity contribution in [1.82, 2.24) is 13.7 Å². The summed E-state index contributed by atoms with van der Waals surface area (Å²) in [5.41, 5.74) is 12.9. The molecule has 0 amide bonds. The van der Waals surface area contributed by atoms with E-state index in [1.165, 1.54) is 16.2 Å². The highest BCUT2D eigenvalue weighted by molar-refractivity contribution is 6.13. The van der Waals surface area contributed by atoms with Crippen LogP contribution >= 0.6 is 0 Å². The molecule has 0 saturated heterocycles. The molecule has 0 aliphatic rings. The average molecular weight is 700 g/mol. The van der Waals surface area contributed by atoms with Crippen molar-refractivity contribution in [2.45, 2.75) is 0 Å². The number of hydrogen-bond donors (Lipinski definition) is 0. The van der Waals surface area contributed by atoms with Gasteiger partial charge in [-0.3, -0.25) is 0 Å². The van der Waals surface area contributed by atoms with Gasteiger partial charge < -0.3 is 13.7 Å². The molecule has 0 spiro atoms. The first-order chi connectivity index (χ1) is 27.2. The second-order valence-electron chi connectivity index (χ2n) is 14.0. The predicted octanol–water partition coefficient (Wildman–Crippen LogP) is 13.1. The lowest BCUT2D eigenvalue weighted by Crippen LogP contribution is -1.96. The van der Waals surface area contributed by atoms with Crippen molar-refractivity contribution in [3.63, 3.8) is 0 Å². The Morgan fingerprint density at radius 2 is 0.891 bits per heavy atom. The normalized spacial score (nSPS) is 11.6. The predicted molar refractivity (Wildman–Crippen MR) is 226 cm³/mol. The van der Waals surface area contributed by atoms with Gasteiger partial charge in [0.25, 0.3) is 0 Å². The first-order valence-corrected chi connectivity index (χ1v) is 18.3. The summed E-state index contributed by atoms with van der Waals surface area (Å²) >= 11 is 0. The van der Waals surface area contributed by atoms with E-state index in [1.54, 1.807) is 0 Å². The number of hydrogen-bond acceptors (Lipinski definition) is 1. The van der Waals surface area contributed by atoms with Gasteiger partial charge in [-0.15, -0.1) is 0 Å². The van der Waals surface area contributed by atoms with Gasteiger partial charge >= 0.3 is 0 Å². The zero-order valence-corrected chi connectivity index (χ0v) is 29.5. The smallest absolute Gasteiger partial charge is 0.211 e. The maximum Gasteiger partial charge on any atom is 0.211 e. The van der Waals surface area contributed by atoms with Crippen molar-refractivity contribution < 1.29 is 0 Å². The van der Waals surface area contributed by atoms with E-state index in [-0.39, 0.29) is 0 Å². The molecule has 0 aliphatic carbocycles. The molecular weight excluding hydrogens is 671 g/mol. The molecule has 11 rings (SSSR count). The first-order valence-electron chi connectivity index (χ1n) is 18.3. The van der Waals surface area contributed by atoms with Crippen molar-refractivity contribution in [2.75, 3.05) is 0 Å². The third-order valence-corrected chi connectivity index (χ3v) is 11.1. The van der Waals surface area contributed by atoms with Crippen LogP contribution in [0.2, 0.25) is 0 Å². The minimum atomic E-state index is 0.604. The van der Waals surface area contributed by atoms with Gasteiger partial charge in [0.1, 0.15) is 0 Å². The lowest BCUT2D eigenvalue weighted by Gasteiger charge is -2.14. The van der Waals surface area contributed by atoms with Crippen molar-refractivity contribution >= 4 is 71.1 Å². The minimum Gasteiger partial charge on any atom is -0.319 e. The molecule has 0 saturated carbocycles. The molecule has 55 heavy (non-hydrogen) atoms. The van der Waals surface area contributed by atoms with E-state index in [4.69, 9.17) is 6.57 Å². The van der Waals surface area contributed by atoms with Crippen LogP contribution in [0.25, 0.3) is 98.5 Å². The van der Waals surface area contributed by atoms with E-state index < -0.39 is 0 Å². The van der Waals surface area contributed by atoms with Crippen molar-refractivity contribution in [3.8, 4) is 34.3 Å². The zero-order valence-electron chi connectivity index (χ0n) is 29.5. The van der Waals surface area contributed by atoms with Gasteiger partial charge in [-0.25, -0.2) is 4.85 Å². The molecule has 0 N–H and O–H groups in total. The van der Waals surface area contributed by atoms with Crippen LogP contribution in [0.4, 0.5) is 5.69 Å². The third-order valence-electron chi connectivity index (χ3n) is 11.1. The minimum absolute atomic E-state index is 0.604. The van der Waals surface area contributed by atoms with Crippen LogP contribution in [0.1, 0.15) is 5.56 Å².